The first-order valence-corrected chi connectivity index (χ1v) is 6.73. The Bertz CT molecular complexity index is 583. The van der Waals surface area contributed by atoms with Crippen LogP contribution in [-0.2, 0) is 6.54 Å². The van der Waals surface area contributed by atoms with Gasteiger partial charge in [-0.15, -0.1) is 11.0 Å². The topological polar surface area (TPSA) is 52.8 Å². The molecule has 0 saturated heterocycles. The normalized spacial score (nSPS) is 9.79. The van der Waals surface area contributed by atoms with Gasteiger partial charge in [-0.05, 0) is 35.0 Å². The van der Waals surface area contributed by atoms with E-state index in [1.807, 2.05) is 31.2 Å². The Morgan fingerprint density at radius 1 is 1.32 bits per heavy atom. The molecule has 1 aromatic heterocycles. The van der Waals surface area contributed by atoms with Gasteiger partial charge in [-0.25, -0.2) is 4.68 Å². The van der Waals surface area contributed by atoms with Crippen LogP contribution in [0.15, 0.2) is 29.4 Å². The zero-order chi connectivity index (χ0) is 13.5. The minimum absolute atomic E-state index is 0.638. The van der Waals surface area contributed by atoms with Gasteiger partial charge in [0.2, 0.25) is 5.16 Å². The van der Waals surface area contributed by atoms with Crippen molar-refractivity contribution in [2.75, 3.05) is 12.9 Å². The van der Waals surface area contributed by atoms with Gasteiger partial charge >= 0.3 is 0 Å². The van der Waals surface area contributed by atoms with E-state index >= 15 is 0 Å². The van der Waals surface area contributed by atoms with Gasteiger partial charge in [0.15, 0.2) is 0 Å². The van der Waals surface area contributed by atoms with Gasteiger partial charge in [-0.3, -0.25) is 0 Å². The van der Waals surface area contributed by atoms with E-state index in [2.05, 4.69) is 27.4 Å². The van der Waals surface area contributed by atoms with Crippen molar-refractivity contribution >= 4 is 11.8 Å². The van der Waals surface area contributed by atoms with Gasteiger partial charge in [0.05, 0.1) is 19.4 Å². The van der Waals surface area contributed by atoms with E-state index in [1.54, 1.807) is 11.8 Å². The van der Waals surface area contributed by atoms with Crippen molar-refractivity contribution in [2.45, 2.75) is 18.6 Å². The minimum Gasteiger partial charge on any atom is -0.497 e. The largest absolute Gasteiger partial charge is 0.497 e. The zero-order valence-electron chi connectivity index (χ0n) is 10.8. The van der Waals surface area contributed by atoms with Crippen molar-refractivity contribution < 1.29 is 4.74 Å². The van der Waals surface area contributed by atoms with Crippen LogP contribution in [0.3, 0.4) is 0 Å². The fourth-order valence-electron chi connectivity index (χ4n) is 1.48. The Morgan fingerprint density at radius 2 is 2.11 bits per heavy atom. The standard InChI is InChI=1S/C13H14N4OS/c1-3-4-9-19-13-14-15-16-17(13)10-11-5-7-12(18-2)8-6-11/h5-8H,9-10H2,1-2H3. The summed E-state index contributed by atoms with van der Waals surface area (Å²) in [5, 5.41) is 12.5. The van der Waals surface area contributed by atoms with E-state index in [-0.39, 0.29) is 0 Å². The van der Waals surface area contributed by atoms with E-state index in [9.17, 15) is 0 Å². The molecule has 1 aromatic carbocycles. The highest BCUT2D eigenvalue weighted by Gasteiger charge is 2.06. The van der Waals surface area contributed by atoms with E-state index in [4.69, 9.17) is 4.74 Å². The van der Waals surface area contributed by atoms with Crippen molar-refractivity contribution in [1.82, 2.24) is 20.2 Å². The third kappa shape index (κ3) is 3.73. The summed E-state index contributed by atoms with van der Waals surface area (Å²) in [4.78, 5) is 0. The molecular formula is C13H14N4OS. The van der Waals surface area contributed by atoms with Crippen molar-refractivity contribution in [3.63, 3.8) is 0 Å². The molecule has 0 bridgehead atoms. The molecule has 0 N–H and O–H groups in total. The van der Waals surface area contributed by atoms with Crippen molar-refractivity contribution in [3.05, 3.63) is 29.8 Å². The van der Waals surface area contributed by atoms with Crippen molar-refractivity contribution in [3.8, 4) is 17.6 Å². The monoisotopic (exact) mass is 274 g/mol. The zero-order valence-corrected chi connectivity index (χ0v) is 11.6. The molecule has 0 unspecified atom stereocenters. The summed E-state index contributed by atoms with van der Waals surface area (Å²) in [7, 11) is 1.65. The lowest BCUT2D eigenvalue weighted by Crippen LogP contribution is -2.04. The molecule has 0 radical (unpaired) electrons. The molecule has 6 heteroatoms. The third-order valence-electron chi connectivity index (χ3n) is 2.44. The minimum atomic E-state index is 0.638. The van der Waals surface area contributed by atoms with Crippen LogP contribution in [0.4, 0.5) is 0 Å². The van der Waals surface area contributed by atoms with Crippen LogP contribution in [0.1, 0.15) is 12.5 Å². The average Bonchev–Trinajstić information content (AvgIpc) is 2.87. The molecule has 0 aliphatic carbocycles. The molecule has 0 amide bonds. The van der Waals surface area contributed by atoms with Crippen LogP contribution in [0.25, 0.3) is 0 Å². The summed E-state index contributed by atoms with van der Waals surface area (Å²) in [5.41, 5.74) is 1.12. The predicted molar refractivity (Wildman–Crippen MR) is 74.1 cm³/mol. The summed E-state index contributed by atoms with van der Waals surface area (Å²) in [6, 6.07) is 7.85. The summed E-state index contributed by atoms with van der Waals surface area (Å²) in [5.74, 6) is 7.36. The Morgan fingerprint density at radius 3 is 2.79 bits per heavy atom. The van der Waals surface area contributed by atoms with E-state index in [0.717, 1.165) is 16.5 Å². The first kappa shape index (κ1) is 13.4. The predicted octanol–water partition coefficient (Wildman–Crippen LogP) is 1.85. The van der Waals surface area contributed by atoms with Crippen LogP contribution in [0.2, 0.25) is 0 Å². The SMILES string of the molecule is CC#CCSc1nnnn1Cc1ccc(OC)cc1. The lowest BCUT2D eigenvalue weighted by Gasteiger charge is -2.04. The Hall–Kier alpha value is -2.00. The second-order valence-corrected chi connectivity index (χ2v) is 4.63. The number of aromatic nitrogens is 4. The highest BCUT2D eigenvalue weighted by atomic mass is 32.2. The smallest absolute Gasteiger partial charge is 0.210 e. The highest BCUT2D eigenvalue weighted by molar-refractivity contribution is 7.99. The maximum absolute atomic E-state index is 5.13. The lowest BCUT2D eigenvalue weighted by molar-refractivity contribution is 0.414. The van der Waals surface area contributed by atoms with Gasteiger partial charge in [0.1, 0.15) is 5.75 Å². The Kier molecular flexibility index (Phi) is 4.81. The second kappa shape index (κ2) is 6.81. The molecule has 0 fully saturated rings. The molecule has 98 valence electrons. The molecular weight excluding hydrogens is 260 g/mol. The van der Waals surface area contributed by atoms with Gasteiger partial charge in [0, 0.05) is 0 Å². The molecule has 0 spiro atoms. The van der Waals surface area contributed by atoms with Crippen LogP contribution in [-0.4, -0.2) is 33.1 Å². The number of nitrogens with zero attached hydrogens (tertiary/aromatic N) is 4. The average molecular weight is 274 g/mol. The van der Waals surface area contributed by atoms with Crippen LogP contribution >= 0.6 is 11.8 Å². The number of thioether (sulfide) groups is 1. The first-order valence-electron chi connectivity index (χ1n) is 5.75. The van der Waals surface area contributed by atoms with Gasteiger partial charge in [-0.1, -0.05) is 29.8 Å². The highest BCUT2D eigenvalue weighted by Crippen LogP contribution is 2.16. The molecule has 19 heavy (non-hydrogen) atoms. The third-order valence-corrected chi connectivity index (χ3v) is 3.28. The lowest BCUT2D eigenvalue weighted by atomic mass is 10.2. The van der Waals surface area contributed by atoms with Crippen LogP contribution in [0.5, 0.6) is 5.75 Å². The van der Waals surface area contributed by atoms with Gasteiger partial charge < -0.3 is 4.74 Å². The van der Waals surface area contributed by atoms with Gasteiger partial charge in [-0.2, -0.15) is 0 Å². The fraction of sp³-hybridized carbons (Fsp3) is 0.308. The van der Waals surface area contributed by atoms with Crippen molar-refractivity contribution in [2.24, 2.45) is 0 Å². The molecule has 5 nitrogen and oxygen atoms in total. The fourth-order valence-corrected chi connectivity index (χ4v) is 2.17. The van der Waals surface area contributed by atoms with Crippen LogP contribution in [0, 0.1) is 11.8 Å². The molecule has 0 aliphatic rings. The van der Waals surface area contributed by atoms with Crippen molar-refractivity contribution in [1.29, 1.82) is 0 Å². The number of hydrogen-bond donors (Lipinski definition) is 0. The quantitative estimate of drug-likeness (QED) is 0.615. The Balaban J connectivity index is 2.04. The Labute approximate surface area is 116 Å². The summed E-state index contributed by atoms with van der Waals surface area (Å²) in [6.45, 7) is 2.46. The second-order valence-electron chi connectivity index (χ2n) is 3.68. The number of rotatable bonds is 5. The number of methoxy groups -OCH3 is 1. The molecule has 0 saturated carbocycles. The molecule has 0 aliphatic heterocycles. The van der Waals surface area contributed by atoms with E-state index < -0.39 is 0 Å². The summed E-state index contributed by atoms with van der Waals surface area (Å²) in [6.07, 6.45) is 0. The number of ether oxygens (including phenoxy) is 1. The molecule has 1 heterocycles. The maximum Gasteiger partial charge on any atom is 0.210 e. The van der Waals surface area contributed by atoms with Crippen LogP contribution < -0.4 is 4.74 Å². The number of benzene rings is 1. The number of tetrazole rings is 1. The summed E-state index contributed by atoms with van der Waals surface area (Å²) >= 11 is 1.53. The molecule has 0 atom stereocenters. The van der Waals surface area contributed by atoms with Gasteiger partial charge in [0.25, 0.3) is 0 Å². The van der Waals surface area contributed by atoms with E-state index in [1.165, 1.54) is 11.8 Å². The van der Waals surface area contributed by atoms with E-state index in [0.29, 0.717) is 12.3 Å². The number of hydrogen-bond acceptors (Lipinski definition) is 5. The molecule has 2 rings (SSSR count). The molecule has 2 aromatic rings. The summed E-state index contributed by atoms with van der Waals surface area (Å²) < 4.78 is 6.89. The maximum atomic E-state index is 5.13. The first-order chi connectivity index (χ1) is 9.33.